The fraction of sp³-hybridized carbons (Fsp3) is 0.111. The van der Waals surface area contributed by atoms with Gasteiger partial charge in [0.25, 0.3) is 0 Å². The highest BCUT2D eigenvalue weighted by molar-refractivity contribution is 5.78. The zero-order valence-electron chi connectivity index (χ0n) is 13.0. The minimum atomic E-state index is 0.0732. The minimum absolute atomic E-state index is 0.0732. The Morgan fingerprint density at radius 1 is 1.21 bits per heavy atom. The van der Waals surface area contributed by atoms with Gasteiger partial charge >= 0.3 is 0 Å². The number of carbonyl (C=O) groups excluding carboxylic acids is 1. The predicted octanol–water partition coefficient (Wildman–Crippen LogP) is 2.96. The number of hydrogen-bond acceptors (Lipinski definition) is 5. The second-order valence-corrected chi connectivity index (χ2v) is 5.05. The second-order valence-electron chi connectivity index (χ2n) is 5.05. The van der Waals surface area contributed by atoms with E-state index < -0.39 is 0 Å². The molecule has 3 aromatic rings. The van der Waals surface area contributed by atoms with Crippen LogP contribution in [0.15, 0.2) is 48.5 Å². The normalized spacial score (nSPS) is 10.2. The largest absolute Gasteiger partial charge is 0.497 e. The molecule has 0 atom stereocenters. The number of ether oxygens (including phenoxy) is 1. The summed E-state index contributed by atoms with van der Waals surface area (Å²) in [5, 5.41) is 13.4. The molecule has 0 amide bonds. The summed E-state index contributed by atoms with van der Waals surface area (Å²) in [6.07, 6.45) is 0.777. The van der Waals surface area contributed by atoms with E-state index in [0.29, 0.717) is 17.2 Å². The molecular formula is C18H14N4O2. The van der Waals surface area contributed by atoms with Crippen LogP contribution >= 0.6 is 0 Å². The second kappa shape index (κ2) is 6.75. The Bertz CT molecular complexity index is 908. The SMILES string of the molecule is COc1ccc(-c2nc(-c3cccc(C=O)c3)n(CC#N)n2)cc1. The van der Waals surface area contributed by atoms with E-state index in [0.717, 1.165) is 23.2 Å². The molecule has 0 aliphatic heterocycles. The van der Waals surface area contributed by atoms with E-state index in [9.17, 15) is 4.79 Å². The lowest BCUT2D eigenvalue weighted by atomic mass is 10.1. The number of carbonyl (C=O) groups is 1. The molecule has 1 aromatic heterocycles. The molecule has 24 heavy (non-hydrogen) atoms. The van der Waals surface area contributed by atoms with Crippen LogP contribution in [0.25, 0.3) is 22.8 Å². The summed E-state index contributed by atoms with van der Waals surface area (Å²) < 4.78 is 6.68. The molecule has 0 radical (unpaired) electrons. The Morgan fingerprint density at radius 2 is 2.00 bits per heavy atom. The summed E-state index contributed by atoms with van der Waals surface area (Å²) in [5.41, 5.74) is 2.10. The van der Waals surface area contributed by atoms with E-state index >= 15 is 0 Å². The molecule has 0 spiro atoms. The van der Waals surface area contributed by atoms with Crippen molar-refractivity contribution in [2.75, 3.05) is 7.11 Å². The first kappa shape index (κ1) is 15.4. The van der Waals surface area contributed by atoms with Crippen LogP contribution in [0.5, 0.6) is 5.75 Å². The highest BCUT2D eigenvalue weighted by Crippen LogP contribution is 2.24. The smallest absolute Gasteiger partial charge is 0.181 e. The summed E-state index contributed by atoms with van der Waals surface area (Å²) in [4.78, 5) is 15.5. The number of rotatable bonds is 5. The molecule has 6 nitrogen and oxygen atoms in total. The number of hydrogen-bond donors (Lipinski definition) is 0. The van der Waals surface area contributed by atoms with Gasteiger partial charge in [0.05, 0.1) is 13.2 Å². The molecule has 2 aromatic carbocycles. The molecule has 118 valence electrons. The van der Waals surface area contributed by atoms with Gasteiger partial charge in [0.1, 0.15) is 18.6 Å². The predicted molar refractivity (Wildman–Crippen MR) is 88.4 cm³/mol. The van der Waals surface area contributed by atoms with Crippen LogP contribution < -0.4 is 4.74 Å². The lowest BCUT2D eigenvalue weighted by molar-refractivity contribution is 0.112. The summed E-state index contributed by atoms with van der Waals surface area (Å²) in [6, 6.07) is 16.5. The molecule has 0 aliphatic rings. The highest BCUT2D eigenvalue weighted by Gasteiger charge is 2.14. The van der Waals surface area contributed by atoms with E-state index in [1.165, 1.54) is 4.68 Å². The van der Waals surface area contributed by atoms with Crippen molar-refractivity contribution in [3.63, 3.8) is 0 Å². The number of aldehydes is 1. The van der Waals surface area contributed by atoms with Crippen molar-refractivity contribution in [1.82, 2.24) is 14.8 Å². The fourth-order valence-corrected chi connectivity index (χ4v) is 2.35. The van der Waals surface area contributed by atoms with Crippen LogP contribution in [0.4, 0.5) is 0 Å². The van der Waals surface area contributed by atoms with Crippen LogP contribution in [0.3, 0.4) is 0 Å². The van der Waals surface area contributed by atoms with Crippen molar-refractivity contribution in [2.24, 2.45) is 0 Å². The third-order valence-electron chi connectivity index (χ3n) is 3.52. The standard InChI is InChI=1S/C18H14N4O2/c1-24-16-7-5-14(6-8-16)17-20-18(22(21-17)10-9-19)15-4-2-3-13(11-15)12-23/h2-8,11-12H,10H2,1H3. The molecule has 0 unspecified atom stereocenters. The van der Waals surface area contributed by atoms with Gasteiger partial charge in [-0.15, -0.1) is 5.10 Å². The molecule has 6 heteroatoms. The van der Waals surface area contributed by atoms with Crippen molar-refractivity contribution >= 4 is 6.29 Å². The average molecular weight is 318 g/mol. The van der Waals surface area contributed by atoms with Crippen LogP contribution in [-0.4, -0.2) is 28.2 Å². The van der Waals surface area contributed by atoms with Gasteiger partial charge in [-0.1, -0.05) is 18.2 Å². The van der Waals surface area contributed by atoms with Crippen molar-refractivity contribution in [3.05, 3.63) is 54.1 Å². The monoisotopic (exact) mass is 318 g/mol. The number of nitriles is 1. The van der Waals surface area contributed by atoms with Gasteiger partial charge in [-0.3, -0.25) is 4.79 Å². The first-order valence-electron chi connectivity index (χ1n) is 7.27. The maximum Gasteiger partial charge on any atom is 0.181 e. The summed E-state index contributed by atoms with van der Waals surface area (Å²) in [6.45, 7) is 0.0732. The Labute approximate surface area is 138 Å². The first-order chi connectivity index (χ1) is 11.7. The molecule has 1 heterocycles. The van der Waals surface area contributed by atoms with E-state index in [2.05, 4.69) is 16.2 Å². The zero-order valence-corrected chi connectivity index (χ0v) is 13.0. The average Bonchev–Trinajstić information content (AvgIpc) is 3.06. The van der Waals surface area contributed by atoms with E-state index in [1.807, 2.05) is 30.3 Å². The molecule has 3 rings (SSSR count). The molecule has 0 saturated carbocycles. The van der Waals surface area contributed by atoms with Gasteiger partial charge in [0, 0.05) is 16.7 Å². The Kier molecular flexibility index (Phi) is 4.34. The molecule has 0 bridgehead atoms. The summed E-state index contributed by atoms with van der Waals surface area (Å²) in [5.74, 6) is 1.81. The van der Waals surface area contributed by atoms with Crippen LogP contribution in [0.1, 0.15) is 10.4 Å². The van der Waals surface area contributed by atoms with Crippen LogP contribution in [-0.2, 0) is 6.54 Å². The highest BCUT2D eigenvalue weighted by atomic mass is 16.5. The molecule has 0 saturated heterocycles. The van der Waals surface area contributed by atoms with E-state index in [1.54, 1.807) is 25.3 Å². The number of benzene rings is 2. The maximum absolute atomic E-state index is 11.0. The Balaban J connectivity index is 2.07. The van der Waals surface area contributed by atoms with Crippen molar-refractivity contribution in [2.45, 2.75) is 6.54 Å². The van der Waals surface area contributed by atoms with Crippen molar-refractivity contribution in [1.29, 1.82) is 5.26 Å². The van der Waals surface area contributed by atoms with Gasteiger partial charge < -0.3 is 4.74 Å². The summed E-state index contributed by atoms with van der Waals surface area (Å²) >= 11 is 0. The number of methoxy groups -OCH3 is 1. The maximum atomic E-state index is 11.0. The van der Waals surface area contributed by atoms with E-state index in [4.69, 9.17) is 10.00 Å². The van der Waals surface area contributed by atoms with Crippen molar-refractivity contribution < 1.29 is 9.53 Å². The Morgan fingerprint density at radius 3 is 2.67 bits per heavy atom. The van der Waals surface area contributed by atoms with Gasteiger partial charge in [-0.2, -0.15) is 5.26 Å². The van der Waals surface area contributed by atoms with Crippen molar-refractivity contribution in [3.8, 4) is 34.6 Å². The van der Waals surface area contributed by atoms with Gasteiger partial charge in [0.2, 0.25) is 0 Å². The topological polar surface area (TPSA) is 80.8 Å². The number of aromatic nitrogens is 3. The van der Waals surface area contributed by atoms with Gasteiger partial charge in [-0.05, 0) is 30.3 Å². The van der Waals surface area contributed by atoms with Gasteiger partial charge in [0.15, 0.2) is 11.6 Å². The lowest BCUT2D eigenvalue weighted by Crippen LogP contribution is -2.01. The third-order valence-corrected chi connectivity index (χ3v) is 3.52. The lowest BCUT2D eigenvalue weighted by Gasteiger charge is -2.01. The molecule has 0 aliphatic carbocycles. The quantitative estimate of drug-likeness (QED) is 0.676. The molecular weight excluding hydrogens is 304 g/mol. The first-order valence-corrected chi connectivity index (χ1v) is 7.27. The fourth-order valence-electron chi connectivity index (χ4n) is 2.35. The zero-order chi connectivity index (χ0) is 16.9. The summed E-state index contributed by atoms with van der Waals surface area (Å²) in [7, 11) is 1.60. The molecule has 0 fully saturated rings. The van der Waals surface area contributed by atoms with Crippen LogP contribution in [0, 0.1) is 11.3 Å². The minimum Gasteiger partial charge on any atom is -0.497 e. The molecule has 0 N–H and O–H groups in total. The van der Waals surface area contributed by atoms with E-state index in [-0.39, 0.29) is 6.54 Å². The third kappa shape index (κ3) is 3.01. The van der Waals surface area contributed by atoms with Gasteiger partial charge in [-0.25, -0.2) is 9.67 Å². The van der Waals surface area contributed by atoms with Crippen LogP contribution in [0.2, 0.25) is 0 Å². The number of nitrogens with zero attached hydrogens (tertiary/aromatic N) is 4. The Hall–Kier alpha value is -3.46.